The molecule has 0 radical (unpaired) electrons. The standard InChI is InChI=1S/C18H17BrN4O/c1-12-11-14(5-8-16(12)19)22-18-20-10-9-17(23-18)21-13-3-6-15(24-2)7-4-13/h3-11H,1-2H3,(H2,20,21,22,23). The van der Waals surface area contributed by atoms with Crippen LogP contribution >= 0.6 is 15.9 Å². The van der Waals surface area contributed by atoms with Crippen LogP contribution in [0.25, 0.3) is 0 Å². The molecule has 6 heteroatoms. The summed E-state index contributed by atoms with van der Waals surface area (Å²) in [5, 5.41) is 6.46. The minimum atomic E-state index is 0.537. The van der Waals surface area contributed by atoms with E-state index in [2.05, 4.69) is 36.5 Å². The first-order chi connectivity index (χ1) is 11.6. The molecular weight excluding hydrogens is 368 g/mol. The van der Waals surface area contributed by atoms with Crippen molar-refractivity contribution in [3.05, 3.63) is 64.8 Å². The van der Waals surface area contributed by atoms with Crippen molar-refractivity contribution in [2.45, 2.75) is 6.92 Å². The van der Waals surface area contributed by atoms with E-state index in [1.165, 1.54) is 0 Å². The third-order valence-corrected chi connectivity index (χ3v) is 4.32. The molecule has 122 valence electrons. The maximum absolute atomic E-state index is 5.16. The first-order valence-corrected chi connectivity index (χ1v) is 8.20. The van der Waals surface area contributed by atoms with Gasteiger partial charge in [0.2, 0.25) is 5.95 Å². The lowest BCUT2D eigenvalue weighted by Gasteiger charge is -2.10. The number of rotatable bonds is 5. The van der Waals surface area contributed by atoms with Crippen LogP contribution in [-0.2, 0) is 0 Å². The molecule has 0 fully saturated rings. The maximum Gasteiger partial charge on any atom is 0.229 e. The SMILES string of the molecule is COc1ccc(Nc2ccnc(Nc3ccc(Br)c(C)c3)n2)cc1. The quantitative estimate of drug-likeness (QED) is 0.644. The van der Waals surface area contributed by atoms with Crippen molar-refractivity contribution in [2.24, 2.45) is 0 Å². The molecule has 3 rings (SSSR count). The normalized spacial score (nSPS) is 10.3. The molecule has 0 aliphatic rings. The van der Waals surface area contributed by atoms with Gasteiger partial charge in [0.1, 0.15) is 11.6 Å². The van der Waals surface area contributed by atoms with Gasteiger partial charge >= 0.3 is 0 Å². The van der Waals surface area contributed by atoms with Crippen LogP contribution in [0.2, 0.25) is 0 Å². The summed E-state index contributed by atoms with van der Waals surface area (Å²) >= 11 is 3.50. The molecule has 0 aliphatic heterocycles. The zero-order valence-electron chi connectivity index (χ0n) is 13.4. The minimum Gasteiger partial charge on any atom is -0.497 e. The number of nitrogens with zero attached hydrogens (tertiary/aromatic N) is 2. The Morgan fingerprint density at radius 3 is 2.42 bits per heavy atom. The Bertz CT molecular complexity index is 837. The molecule has 0 unspecified atom stereocenters. The summed E-state index contributed by atoms with van der Waals surface area (Å²) in [5.41, 5.74) is 3.02. The molecule has 0 amide bonds. The number of methoxy groups -OCH3 is 1. The summed E-state index contributed by atoms with van der Waals surface area (Å²) in [4.78, 5) is 8.74. The number of hydrogen-bond acceptors (Lipinski definition) is 5. The van der Waals surface area contributed by atoms with Gasteiger partial charge in [0, 0.05) is 22.0 Å². The van der Waals surface area contributed by atoms with E-state index in [-0.39, 0.29) is 0 Å². The van der Waals surface area contributed by atoms with Gasteiger partial charge in [-0.25, -0.2) is 4.98 Å². The molecule has 1 aromatic heterocycles. The monoisotopic (exact) mass is 384 g/mol. The van der Waals surface area contributed by atoms with Crippen LogP contribution in [0.1, 0.15) is 5.56 Å². The summed E-state index contributed by atoms with van der Waals surface area (Å²) in [7, 11) is 1.65. The summed E-state index contributed by atoms with van der Waals surface area (Å²) in [6.07, 6.45) is 1.72. The third-order valence-electron chi connectivity index (χ3n) is 3.43. The van der Waals surface area contributed by atoms with Gasteiger partial charge in [-0.15, -0.1) is 0 Å². The van der Waals surface area contributed by atoms with Crippen molar-refractivity contribution in [1.29, 1.82) is 0 Å². The van der Waals surface area contributed by atoms with Gasteiger partial charge in [0.05, 0.1) is 7.11 Å². The summed E-state index contributed by atoms with van der Waals surface area (Å²) in [5.74, 6) is 2.07. The van der Waals surface area contributed by atoms with E-state index in [9.17, 15) is 0 Å². The highest BCUT2D eigenvalue weighted by Gasteiger charge is 2.03. The van der Waals surface area contributed by atoms with Gasteiger partial charge in [0.15, 0.2) is 0 Å². The number of nitrogens with one attached hydrogen (secondary N) is 2. The summed E-state index contributed by atoms with van der Waals surface area (Å²) in [6.45, 7) is 2.04. The predicted molar refractivity (Wildman–Crippen MR) is 100 cm³/mol. The molecule has 0 bridgehead atoms. The fourth-order valence-corrected chi connectivity index (χ4v) is 2.41. The Kier molecular flexibility index (Phi) is 4.96. The zero-order valence-corrected chi connectivity index (χ0v) is 15.0. The highest BCUT2D eigenvalue weighted by atomic mass is 79.9. The molecule has 2 N–H and O–H groups in total. The molecule has 1 heterocycles. The van der Waals surface area contributed by atoms with E-state index < -0.39 is 0 Å². The average Bonchev–Trinajstić information content (AvgIpc) is 2.59. The molecule has 0 spiro atoms. The molecular formula is C18H17BrN4O. The Morgan fingerprint density at radius 1 is 0.958 bits per heavy atom. The van der Waals surface area contributed by atoms with E-state index in [1.54, 1.807) is 13.3 Å². The lowest BCUT2D eigenvalue weighted by Crippen LogP contribution is -2.00. The fourth-order valence-electron chi connectivity index (χ4n) is 2.16. The van der Waals surface area contributed by atoms with Gasteiger partial charge in [-0.3, -0.25) is 0 Å². The molecule has 2 aromatic carbocycles. The Hall–Kier alpha value is -2.60. The number of anilines is 4. The smallest absolute Gasteiger partial charge is 0.229 e. The van der Waals surface area contributed by atoms with Crippen LogP contribution in [0, 0.1) is 6.92 Å². The van der Waals surface area contributed by atoms with Crippen LogP contribution in [0.4, 0.5) is 23.1 Å². The maximum atomic E-state index is 5.16. The molecule has 3 aromatic rings. The number of aromatic nitrogens is 2. The minimum absolute atomic E-state index is 0.537. The van der Waals surface area contributed by atoms with Crippen molar-refractivity contribution in [1.82, 2.24) is 9.97 Å². The molecule has 5 nitrogen and oxygen atoms in total. The largest absolute Gasteiger partial charge is 0.497 e. The average molecular weight is 385 g/mol. The second kappa shape index (κ2) is 7.31. The van der Waals surface area contributed by atoms with Gasteiger partial charge in [-0.1, -0.05) is 15.9 Å². The number of ether oxygens (including phenoxy) is 1. The van der Waals surface area contributed by atoms with Crippen molar-refractivity contribution in [2.75, 3.05) is 17.7 Å². The summed E-state index contributed by atoms with van der Waals surface area (Å²) in [6, 6.07) is 15.5. The lowest BCUT2D eigenvalue weighted by molar-refractivity contribution is 0.415. The van der Waals surface area contributed by atoms with Crippen LogP contribution in [-0.4, -0.2) is 17.1 Å². The van der Waals surface area contributed by atoms with Crippen molar-refractivity contribution in [3.63, 3.8) is 0 Å². The first kappa shape index (κ1) is 16.3. The summed E-state index contributed by atoms with van der Waals surface area (Å²) < 4.78 is 6.23. The number of hydrogen-bond donors (Lipinski definition) is 2. The van der Waals surface area contributed by atoms with Crippen LogP contribution in [0.15, 0.2) is 59.2 Å². The molecule has 0 saturated carbocycles. The second-order valence-corrected chi connectivity index (χ2v) is 6.06. The molecule has 24 heavy (non-hydrogen) atoms. The Labute approximate surface area is 149 Å². The Balaban J connectivity index is 1.74. The van der Waals surface area contributed by atoms with Crippen LogP contribution < -0.4 is 15.4 Å². The number of aryl methyl sites for hydroxylation is 1. The van der Waals surface area contributed by atoms with Gasteiger partial charge in [-0.05, 0) is 61.0 Å². The molecule has 0 atom stereocenters. The topological polar surface area (TPSA) is 59.1 Å². The van der Waals surface area contributed by atoms with E-state index in [4.69, 9.17) is 4.74 Å². The van der Waals surface area contributed by atoms with Crippen LogP contribution in [0.3, 0.4) is 0 Å². The van der Waals surface area contributed by atoms with E-state index in [0.717, 1.165) is 27.2 Å². The van der Waals surface area contributed by atoms with Crippen LogP contribution in [0.5, 0.6) is 5.75 Å². The van der Waals surface area contributed by atoms with Gasteiger partial charge in [0.25, 0.3) is 0 Å². The van der Waals surface area contributed by atoms with E-state index in [0.29, 0.717) is 11.8 Å². The second-order valence-electron chi connectivity index (χ2n) is 5.21. The number of halogens is 1. The predicted octanol–water partition coefficient (Wildman–Crippen LogP) is 5.04. The number of benzene rings is 2. The highest BCUT2D eigenvalue weighted by molar-refractivity contribution is 9.10. The highest BCUT2D eigenvalue weighted by Crippen LogP contribution is 2.23. The van der Waals surface area contributed by atoms with E-state index in [1.807, 2.05) is 55.5 Å². The van der Waals surface area contributed by atoms with Crippen molar-refractivity contribution < 1.29 is 4.74 Å². The zero-order chi connectivity index (χ0) is 16.9. The third kappa shape index (κ3) is 4.02. The van der Waals surface area contributed by atoms with Gasteiger partial charge in [-0.2, -0.15) is 4.98 Å². The fraction of sp³-hybridized carbons (Fsp3) is 0.111. The Morgan fingerprint density at radius 2 is 1.71 bits per heavy atom. The van der Waals surface area contributed by atoms with Crippen molar-refractivity contribution in [3.8, 4) is 5.75 Å². The molecule has 0 aliphatic carbocycles. The van der Waals surface area contributed by atoms with Crippen molar-refractivity contribution >= 4 is 39.1 Å². The molecule has 0 saturated heterocycles. The first-order valence-electron chi connectivity index (χ1n) is 7.41. The lowest BCUT2D eigenvalue weighted by atomic mass is 10.2. The van der Waals surface area contributed by atoms with Gasteiger partial charge < -0.3 is 15.4 Å². The van der Waals surface area contributed by atoms with E-state index >= 15 is 0 Å².